The second kappa shape index (κ2) is 5.12. The van der Waals surface area contributed by atoms with Gasteiger partial charge in [-0.1, -0.05) is 6.08 Å². The Bertz CT molecular complexity index is 401. The second-order valence-electron chi connectivity index (χ2n) is 3.76. The lowest BCUT2D eigenvalue weighted by Gasteiger charge is -2.15. The summed E-state index contributed by atoms with van der Waals surface area (Å²) in [5, 5.41) is 3.21. The van der Waals surface area contributed by atoms with Gasteiger partial charge >= 0.3 is 0 Å². The quantitative estimate of drug-likeness (QED) is 0.847. The fourth-order valence-corrected chi connectivity index (χ4v) is 1.88. The largest absolute Gasteiger partial charge is 0.494 e. The first-order valence-electron chi connectivity index (χ1n) is 5.63. The van der Waals surface area contributed by atoms with Gasteiger partial charge in [0.25, 0.3) is 0 Å². The zero-order valence-electron chi connectivity index (χ0n) is 9.42. The molecule has 0 aliphatic carbocycles. The Balaban J connectivity index is 2.24. The van der Waals surface area contributed by atoms with E-state index in [1.54, 1.807) is 6.07 Å². The van der Waals surface area contributed by atoms with Gasteiger partial charge in [0.05, 0.1) is 6.61 Å². The lowest BCUT2D eigenvalue weighted by molar-refractivity contribution is 0.338. The van der Waals surface area contributed by atoms with E-state index in [1.807, 2.05) is 19.1 Å². The first kappa shape index (κ1) is 11.1. The van der Waals surface area contributed by atoms with Crippen molar-refractivity contribution in [1.82, 2.24) is 5.32 Å². The molecule has 16 heavy (non-hydrogen) atoms. The van der Waals surface area contributed by atoms with E-state index in [9.17, 15) is 4.39 Å². The molecular weight excluding hydrogens is 205 g/mol. The summed E-state index contributed by atoms with van der Waals surface area (Å²) >= 11 is 0. The molecule has 1 aliphatic rings. The molecule has 2 rings (SSSR count). The maximum atomic E-state index is 13.8. The van der Waals surface area contributed by atoms with Crippen molar-refractivity contribution in [3.8, 4) is 5.75 Å². The summed E-state index contributed by atoms with van der Waals surface area (Å²) in [5.74, 6) is 0.400. The standard InChI is InChI=1S/C13H16FNO/c1-2-16-11-3-4-12(13(14)9-11)10-5-7-15-8-6-10/h3-5,9,15H,2,6-8H2,1H3. The highest BCUT2D eigenvalue weighted by molar-refractivity contribution is 5.67. The van der Waals surface area contributed by atoms with Crippen LogP contribution in [0.1, 0.15) is 18.9 Å². The van der Waals surface area contributed by atoms with E-state index in [1.165, 1.54) is 6.07 Å². The molecule has 0 atom stereocenters. The van der Waals surface area contributed by atoms with Gasteiger partial charge < -0.3 is 10.1 Å². The van der Waals surface area contributed by atoms with E-state index < -0.39 is 0 Å². The molecule has 0 radical (unpaired) electrons. The Labute approximate surface area is 95.1 Å². The molecule has 86 valence electrons. The lowest BCUT2D eigenvalue weighted by atomic mass is 10.00. The predicted molar refractivity (Wildman–Crippen MR) is 63.0 cm³/mol. The highest BCUT2D eigenvalue weighted by Gasteiger charge is 2.11. The number of nitrogens with one attached hydrogen (secondary N) is 1. The first-order valence-corrected chi connectivity index (χ1v) is 5.63. The van der Waals surface area contributed by atoms with Crippen molar-refractivity contribution in [2.24, 2.45) is 0 Å². The molecule has 0 saturated carbocycles. The zero-order valence-corrected chi connectivity index (χ0v) is 9.42. The topological polar surface area (TPSA) is 21.3 Å². The molecule has 0 bridgehead atoms. The van der Waals surface area contributed by atoms with Crippen LogP contribution in [-0.2, 0) is 0 Å². The summed E-state index contributed by atoms with van der Waals surface area (Å²) in [7, 11) is 0. The van der Waals surface area contributed by atoms with Gasteiger partial charge in [0.1, 0.15) is 11.6 Å². The Hall–Kier alpha value is -1.35. The van der Waals surface area contributed by atoms with E-state index in [2.05, 4.69) is 5.32 Å². The summed E-state index contributed by atoms with van der Waals surface area (Å²) in [6, 6.07) is 5.09. The molecule has 1 aromatic rings. The Morgan fingerprint density at radius 3 is 2.94 bits per heavy atom. The molecule has 0 spiro atoms. The number of hydrogen-bond donors (Lipinski definition) is 1. The molecule has 0 amide bonds. The second-order valence-corrected chi connectivity index (χ2v) is 3.76. The predicted octanol–water partition coefficient (Wildman–Crippen LogP) is 2.60. The number of rotatable bonds is 3. The van der Waals surface area contributed by atoms with Crippen LogP contribution in [0.2, 0.25) is 0 Å². The van der Waals surface area contributed by atoms with Gasteiger partial charge in [-0.25, -0.2) is 4.39 Å². The monoisotopic (exact) mass is 221 g/mol. The average molecular weight is 221 g/mol. The van der Waals surface area contributed by atoms with Crippen molar-refractivity contribution < 1.29 is 9.13 Å². The number of halogens is 1. The molecule has 0 unspecified atom stereocenters. The zero-order chi connectivity index (χ0) is 11.4. The molecule has 0 fully saturated rings. The number of hydrogen-bond acceptors (Lipinski definition) is 2. The van der Waals surface area contributed by atoms with Crippen LogP contribution >= 0.6 is 0 Å². The van der Waals surface area contributed by atoms with E-state index in [0.717, 1.165) is 25.1 Å². The minimum atomic E-state index is -0.195. The van der Waals surface area contributed by atoms with Crippen molar-refractivity contribution in [2.75, 3.05) is 19.7 Å². The number of ether oxygens (including phenoxy) is 1. The molecule has 1 N–H and O–H groups in total. The molecule has 3 heteroatoms. The van der Waals surface area contributed by atoms with Crippen LogP contribution in [-0.4, -0.2) is 19.7 Å². The van der Waals surface area contributed by atoms with Gasteiger partial charge in [-0.15, -0.1) is 0 Å². The molecular formula is C13H16FNO. The first-order chi connectivity index (χ1) is 7.81. The highest BCUT2D eigenvalue weighted by Crippen LogP contribution is 2.25. The maximum Gasteiger partial charge on any atom is 0.134 e. The van der Waals surface area contributed by atoms with Crippen LogP contribution in [0, 0.1) is 5.82 Å². The fourth-order valence-electron chi connectivity index (χ4n) is 1.88. The van der Waals surface area contributed by atoms with Gasteiger partial charge in [0.15, 0.2) is 0 Å². The third kappa shape index (κ3) is 2.42. The summed E-state index contributed by atoms with van der Waals surface area (Å²) in [6.07, 6.45) is 2.92. The normalized spacial score (nSPS) is 15.8. The van der Waals surface area contributed by atoms with Crippen molar-refractivity contribution in [2.45, 2.75) is 13.3 Å². The van der Waals surface area contributed by atoms with Crippen LogP contribution in [0.5, 0.6) is 5.75 Å². The highest BCUT2D eigenvalue weighted by atomic mass is 19.1. The van der Waals surface area contributed by atoms with Gasteiger partial charge in [0, 0.05) is 18.2 Å². The van der Waals surface area contributed by atoms with E-state index in [0.29, 0.717) is 17.9 Å². The minimum Gasteiger partial charge on any atom is -0.494 e. The smallest absolute Gasteiger partial charge is 0.134 e. The Kier molecular flexibility index (Phi) is 3.57. The summed E-state index contributed by atoms with van der Waals surface area (Å²) in [6.45, 7) is 4.19. The molecule has 1 aromatic carbocycles. The molecule has 1 aliphatic heterocycles. The maximum absolute atomic E-state index is 13.8. The van der Waals surface area contributed by atoms with Gasteiger partial charge in [-0.2, -0.15) is 0 Å². The van der Waals surface area contributed by atoms with Gasteiger partial charge in [-0.05, 0) is 37.6 Å². The summed E-state index contributed by atoms with van der Waals surface area (Å²) < 4.78 is 19.1. The SMILES string of the molecule is CCOc1ccc(C2=CCNCC2)c(F)c1. The van der Waals surface area contributed by atoms with Crippen LogP contribution in [0.15, 0.2) is 24.3 Å². The van der Waals surface area contributed by atoms with Crippen molar-refractivity contribution in [3.63, 3.8) is 0 Å². The lowest BCUT2D eigenvalue weighted by Crippen LogP contribution is -2.20. The van der Waals surface area contributed by atoms with Gasteiger partial charge in [0.2, 0.25) is 0 Å². The molecule has 1 heterocycles. The van der Waals surface area contributed by atoms with Crippen LogP contribution < -0.4 is 10.1 Å². The third-order valence-electron chi connectivity index (χ3n) is 2.66. The Morgan fingerprint density at radius 1 is 1.44 bits per heavy atom. The molecule has 0 saturated heterocycles. The van der Waals surface area contributed by atoms with E-state index >= 15 is 0 Å². The summed E-state index contributed by atoms with van der Waals surface area (Å²) in [5.41, 5.74) is 1.78. The Morgan fingerprint density at radius 2 is 2.31 bits per heavy atom. The minimum absolute atomic E-state index is 0.195. The van der Waals surface area contributed by atoms with E-state index in [4.69, 9.17) is 4.74 Å². The van der Waals surface area contributed by atoms with Crippen molar-refractivity contribution in [1.29, 1.82) is 0 Å². The number of benzene rings is 1. The average Bonchev–Trinajstić information content (AvgIpc) is 2.31. The van der Waals surface area contributed by atoms with Crippen molar-refractivity contribution in [3.05, 3.63) is 35.7 Å². The molecule has 0 aromatic heterocycles. The van der Waals surface area contributed by atoms with Gasteiger partial charge in [-0.3, -0.25) is 0 Å². The fraction of sp³-hybridized carbons (Fsp3) is 0.385. The van der Waals surface area contributed by atoms with Crippen molar-refractivity contribution >= 4 is 5.57 Å². The summed E-state index contributed by atoms with van der Waals surface area (Å²) in [4.78, 5) is 0. The molecule has 2 nitrogen and oxygen atoms in total. The van der Waals surface area contributed by atoms with E-state index in [-0.39, 0.29) is 5.82 Å². The van der Waals surface area contributed by atoms with Crippen LogP contribution in [0.25, 0.3) is 5.57 Å². The van der Waals surface area contributed by atoms with Crippen LogP contribution in [0.4, 0.5) is 4.39 Å². The van der Waals surface area contributed by atoms with Crippen LogP contribution in [0.3, 0.4) is 0 Å². The third-order valence-corrected chi connectivity index (χ3v) is 2.66.